The van der Waals surface area contributed by atoms with Crippen molar-refractivity contribution < 1.29 is 9.53 Å². The second-order valence-electron chi connectivity index (χ2n) is 7.92. The lowest BCUT2D eigenvalue weighted by Gasteiger charge is -2.34. The number of benzene rings is 2. The van der Waals surface area contributed by atoms with Gasteiger partial charge in [-0.1, -0.05) is 30.3 Å². The number of nitrogens with zero attached hydrogens (tertiary/aromatic N) is 1. The molecule has 30 heavy (non-hydrogen) atoms. The molecule has 1 heterocycles. The fourth-order valence-electron chi connectivity index (χ4n) is 3.90. The molecule has 0 bridgehead atoms. The second-order valence-corrected chi connectivity index (χ2v) is 7.92. The molecule has 162 valence electrons. The summed E-state index contributed by atoms with van der Waals surface area (Å²) in [5, 5.41) is 6.73. The molecule has 2 N–H and O–H groups in total. The van der Waals surface area contributed by atoms with Crippen molar-refractivity contribution in [1.29, 1.82) is 0 Å². The number of rotatable bonds is 10. The van der Waals surface area contributed by atoms with Crippen LogP contribution in [0.25, 0.3) is 0 Å². The molecule has 3 rings (SSSR count). The molecule has 5 heteroatoms. The predicted octanol–water partition coefficient (Wildman–Crippen LogP) is 4.16. The summed E-state index contributed by atoms with van der Waals surface area (Å²) >= 11 is 0. The molecule has 0 spiro atoms. The number of hydrogen-bond acceptors (Lipinski definition) is 4. The van der Waals surface area contributed by atoms with Crippen LogP contribution in [0.2, 0.25) is 0 Å². The summed E-state index contributed by atoms with van der Waals surface area (Å²) in [5.41, 5.74) is 3.00. The average molecular weight is 410 g/mol. The van der Waals surface area contributed by atoms with Gasteiger partial charge in [-0.05, 0) is 69.5 Å². The molecule has 0 saturated carbocycles. The van der Waals surface area contributed by atoms with Crippen LogP contribution >= 0.6 is 0 Å². The van der Waals surface area contributed by atoms with Crippen molar-refractivity contribution in [2.45, 2.75) is 45.2 Å². The lowest BCUT2D eigenvalue weighted by atomic mass is 10.0. The smallest absolute Gasteiger partial charge is 0.251 e. The van der Waals surface area contributed by atoms with Gasteiger partial charge in [-0.3, -0.25) is 4.79 Å². The minimum Gasteiger partial charge on any atom is -0.382 e. The normalized spacial score (nSPS) is 15.7. The molecule has 1 aliphatic rings. The first-order valence-electron chi connectivity index (χ1n) is 11.2. The van der Waals surface area contributed by atoms with E-state index < -0.39 is 0 Å². The van der Waals surface area contributed by atoms with E-state index in [2.05, 4.69) is 27.7 Å². The summed E-state index contributed by atoms with van der Waals surface area (Å²) in [5.74, 6) is -0.0344. The Morgan fingerprint density at radius 3 is 2.47 bits per heavy atom. The third-order valence-electron chi connectivity index (χ3n) is 5.74. The van der Waals surface area contributed by atoms with E-state index in [0.717, 1.165) is 57.7 Å². The van der Waals surface area contributed by atoms with Crippen molar-refractivity contribution in [2.75, 3.05) is 37.7 Å². The van der Waals surface area contributed by atoms with E-state index >= 15 is 0 Å². The van der Waals surface area contributed by atoms with Gasteiger partial charge in [0.1, 0.15) is 0 Å². The predicted molar refractivity (Wildman–Crippen MR) is 123 cm³/mol. The number of carbonyl (C=O) groups is 1. The van der Waals surface area contributed by atoms with Crippen LogP contribution in [0.3, 0.4) is 0 Å². The van der Waals surface area contributed by atoms with Gasteiger partial charge in [0.2, 0.25) is 0 Å². The van der Waals surface area contributed by atoms with Gasteiger partial charge in [0.05, 0.1) is 6.04 Å². The third kappa shape index (κ3) is 6.57. The molecule has 0 radical (unpaired) electrons. The van der Waals surface area contributed by atoms with E-state index in [4.69, 9.17) is 4.74 Å². The van der Waals surface area contributed by atoms with E-state index in [-0.39, 0.29) is 11.9 Å². The fourth-order valence-corrected chi connectivity index (χ4v) is 3.90. The van der Waals surface area contributed by atoms with Crippen LogP contribution < -0.4 is 15.5 Å². The summed E-state index contributed by atoms with van der Waals surface area (Å²) in [7, 11) is 0. The molecule has 0 aromatic heterocycles. The van der Waals surface area contributed by atoms with Crippen LogP contribution in [0, 0.1) is 0 Å². The van der Waals surface area contributed by atoms with Crippen molar-refractivity contribution >= 4 is 11.6 Å². The van der Waals surface area contributed by atoms with Crippen molar-refractivity contribution in [3.63, 3.8) is 0 Å². The molecule has 1 fully saturated rings. The molecule has 2 aromatic carbocycles. The van der Waals surface area contributed by atoms with Crippen molar-refractivity contribution in [3.05, 3.63) is 65.7 Å². The zero-order valence-corrected chi connectivity index (χ0v) is 18.3. The molecule has 1 aliphatic heterocycles. The first-order chi connectivity index (χ1) is 14.7. The highest BCUT2D eigenvalue weighted by atomic mass is 16.5. The van der Waals surface area contributed by atoms with Gasteiger partial charge in [-0.2, -0.15) is 0 Å². The Hall–Kier alpha value is -2.37. The zero-order chi connectivity index (χ0) is 21.2. The second kappa shape index (κ2) is 11.7. The monoisotopic (exact) mass is 409 g/mol. The molecular weight excluding hydrogens is 374 g/mol. The topological polar surface area (TPSA) is 53.6 Å². The SMILES string of the molecule is CCOCCCNC1CCN(c2ccc(C(=O)N[C@H](C)c3ccccc3)cc2)CC1. The summed E-state index contributed by atoms with van der Waals surface area (Å²) < 4.78 is 5.39. The molecule has 1 amide bonds. The Labute approximate surface area is 180 Å². The Bertz CT molecular complexity index is 756. The number of carbonyl (C=O) groups excluding carboxylic acids is 1. The Morgan fingerprint density at radius 1 is 1.10 bits per heavy atom. The van der Waals surface area contributed by atoms with E-state index in [0.29, 0.717) is 11.6 Å². The van der Waals surface area contributed by atoms with Gasteiger partial charge in [-0.25, -0.2) is 0 Å². The van der Waals surface area contributed by atoms with Crippen LogP contribution in [0.1, 0.15) is 55.1 Å². The largest absolute Gasteiger partial charge is 0.382 e. The van der Waals surface area contributed by atoms with Gasteiger partial charge < -0.3 is 20.3 Å². The van der Waals surface area contributed by atoms with Crippen molar-refractivity contribution in [3.8, 4) is 0 Å². The van der Waals surface area contributed by atoms with Crippen LogP contribution in [-0.2, 0) is 4.74 Å². The van der Waals surface area contributed by atoms with Gasteiger partial charge in [0.15, 0.2) is 0 Å². The lowest BCUT2D eigenvalue weighted by molar-refractivity contribution is 0.0940. The molecule has 1 atom stereocenters. The van der Waals surface area contributed by atoms with E-state index in [1.165, 1.54) is 5.69 Å². The first-order valence-corrected chi connectivity index (χ1v) is 11.2. The fraction of sp³-hybridized carbons (Fsp3) is 0.480. The van der Waals surface area contributed by atoms with Gasteiger partial charge in [0.25, 0.3) is 5.91 Å². The van der Waals surface area contributed by atoms with Gasteiger partial charge >= 0.3 is 0 Å². The summed E-state index contributed by atoms with van der Waals surface area (Å²) in [4.78, 5) is 15.0. The number of piperidine rings is 1. The Morgan fingerprint density at radius 2 is 1.80 bits per heavy atom. The van der Waals surface area contributed by atoms with Crippen molar-refractivity contribution in [2.24, 2.45) is 0 Å². The summed E-state index contributed by atoms with van der Waals surface area (Å²) in [6.45, 7) is 8.79. The summed E-state index contributed by atoms with van der Waals surface area (Å²) in [6.07, 6.45) is 3.36. The molecule has 0 unspecified atom stereocenters. The van der Waals surface area contributed by atoms with Crippen molar-refractivity contribution in [1.82, 2.24) is 10.6 Å². The number of anilines is 1. The quantitative estimate of drug-likeness (QED) is 0.579. The molecular formula is C25H35N3O2. The average Bonchev–Trinajstić information content (AvgIpc) is 2.80. The van der Waals surface area contributed by atoms with Crippen LogP contribution in [0.15, 0.2) is 54.6 Å². The zero-order valence-electron chi connectivity index (χ0n) is 18.3. The number of ether oxygens (including phenoxy) is 1. The van der Waals surface area contributed by atoms with Gasteiger partial charge in [-0.15, -0.1) is 0 Å². The minimum absolute atomic E-state index is 0.0153. The summed E-state index contributed by atoms with van der Waals surface area (Å²) in [6, 6.07) is 18.6. The number of amides is 1. The Kier molecular flexibility index (Phi) is 8.72. The van der Waals surface area contributed by atoms with Crippen LogP contribution in [0.4, 0.5) is 5.69 Å². The standard InChI is InChI=1S/C25H35N3O2/c1-3-30-19-7-16-26-23-14-17-28(18-15-23)24-12-10-22(11-13-24)25(29)27-20(2)21-8-5-4-6-9-21/h4-6,8-13,20,23,26H,3,7,14-19H2,1-2H3,(H,27,29)/t20-/m1/s1. The van der Waals surface area contributed by atoms with Crippen LogP contribution in [0.5, 0.6) is 0 Å². The maximum atomic E-state index is 12.6. The van der Waals surface area contributed by atoms with Gasteiger partial charge in [0, 0.05) is 43.6 Å². The van der Waals surface area contributed by atoms with Crippen LogP contribution in [-0.4, -0.2) is 44.8 Å². The first kappa shape index (κ1) is 22.3. The van der Waals surface area contributed by atoms with E-state index in [1.54, 1.807) is 0 Å². The third-order valence-corrected chi connectivity index (χ3v) is 5.74. The number of nitrogens with one attached hydrogen (secondary N) is 2. The van der Waals surface area contributed by atoms with E-state index in [1.807, 2.05) is 56.3 Å². The maximum absolute atomic E-state index is 12.6. The van der Waals surface area contributed by atoms with E-state index in [9.17, 15) is 4.79 Å². The Balaban J connectivity index is 1.44. The molecule has 2 aromatic rings. The number of hydrogen-bond donors (Lipinski definition) is 2. The molecule has 0 aliphatic carbocycles. The highest BCUT2D eigenvalue weighted by Gasteiger charge is 2.19. The molecule has 5 nitrogen and oxygen atoms in total. The maximum Gasteiger partial charge on any atom is 0.251 e. The lowest BCUT2D eigenvalue weighted by Crippen LogP contribution is -2.43. The minimum atomic E-state index is -0.0344. The molecule has 1 saturated heterocycles. The highest BCUT2D eigenvalue weighted by molar-refractivity contribution is 5.94. The highest BCUT2D eigenvalue weighted by Crippen LogP contribution is 2.21.